The molecule has 1 N–H and O–H groups in total. The number of likely N-dealkylation sites (N-methyl/N-ethyl adjacent to an activating group) is 1. The molecule has 2 rings (SSSR count). The third kappa shape index (κ3) is 8.95. The maximum Gasteiger partial charge on any atom is 0.351 e. The summed E-state index contributed by atoms with van der Waals surface area (Å²) in [7, 11) is 1.58. The smallest absolute Gasteiger partial charge is 0.351 e. The number of terminal acetylenes is 1. The second-order valence-electron chi connectivity index (χ2n) is 6.16. The van der Waals surface area contributed by atoms with E-state index in [1.165, 1.54) is 18.3 Å². The number of nitrogens with zero attached hydrogens (tertiary/aromatic N) is 4. The van der Waals surface area contributed by atoms with Gasteiger partial charge in [-0.3, -0.25) is 9.80 Å². The van der Waals surface area contributed by atoms with Crippen molar-refractivity contribution < 1.29 is 19.4 Å². The second kappa shape index (κ2) is 15.2. The molecular weight excluding hydrogens is 443 g/mol. The van der Waals surface area contributed by atoms with E-state index in [-0.39, 0.29) is 18.2 Å². The van der Waals surface area contributed by atoms with E-state index in [4.69, 9.17) is 21.4 Å². The maximum atomic E-state index is 12.5. The number of carbonyl (C=O) groups is 2. The fourth-order valence-corrected chi connectivity index (χ4v) is 2.98. The van der Waals surface area contributed by atoms with Gasteiger partial charge in [-0.2, -0.15) is 5.10 Å². The summed E-state index contributed by atoms with van der Waals surface area (Å²) in [4.78, 5) is 27.4. The highest BCUT2D eigenvalue weighted by atomic mass is 35.5. The van der Waals surface area contributed by atoms with Gasteiger partial charge in [0.1, 0.15) is 18.0 Å². The summed E-state index contributed by atoms with van der Waals surface area (Å²) in [6.07, 6.45) is 9.47. The van der Waals surface area contributed by atoms with Crippen LogP contribution in [0.1, 0.15) is 13.8 Å². The van der Waals surface area contributed by atoms with Crippen LogP contribution >= 0.6 is 23.2 Å². The van der Waals surface area contributed by atoms with E-state index >= 15 is 0 Å². The van der Waals surface area contributed by atoms with Gasteiger partial charge in [0.2, 0.25) is 5.91 Å². The van der Waals surface area contributed by atoms with Crippen molar-refractivity contribution >= 4 is 46.5 Å². The highest BCUT2D eigenvalue weighted by Crippen LogP contribution is 2.29. The molecule has 1 amide bonds. The Labute approximate surface area is 194 Å². The third-order valence-electron chi connectivity index (χ3n) is 4.42. The number of piperazine rings is 1. The Morgan fingerprint density at radius 3 is 2.29 bits per heavy atom. The van der Waals surface area contributed by atoms with Gasteiger partial charge in [-0.05, 0) is 26.0 Å². The minimum Gasteiger partial charge on any atom is -0.495 e. The summed E-state index contributed by atoms with van der Waals surface area (Å²) in [5, 5.41) is 14.9. The highest BCUT2D eigenvalue weighted by Gasteiger charge is 2.23. The molecule has 1 aliphatic rings. The minimum atomic E-state index is -1.09. The first kappa shape index (κ1) is 28.4. The summed E-state index contributed by atoms with van der Waals surface area (Å²) in [6.45, 7) is 6.33. The van der Waals surface area contributed by atoms with Crippen molar-refractivity contribution in [2.45, 2.75) is 13.8 Å². The number of benzene rings is 1. The van der Waals surface area contributed by atoms with Crippen LogP contribution in [0, 0.1) is 12.8 Å². The van der Waals surface area contributed by atoms with Crippen LogP contribution in [0.3, 0.4) is 0 Å². The Morgan fingerprint density at radius 2 is 1.81 bits per heavy atom. The molecule has 0 unspecified atom stereocenters. The molecule has 0 spiro atoms. The number of rotatable bonds is 7. The van der Waals surface area contributed by atoms with Gasteiger partial charge in [-0.1, -0.05) is 11.6 Å². The van der Waals surface area contributed by atoms with E-state index in [0.717, 1.165) is 5.69 Å². The van der Waals surface area contributed by atoms with E-state index in [1.54, 1.807) is 18.1 Å². The van der Waals surface area contributed by atoms with Crippen LogP contribution in [0.15, 0.2) is 23.3 Å². The van der Waals surface area contributed by atoms with Crippen molar-refractivity contribution in [3.05, 3.63) is 23.2 Å². The van der Waals surface area contributed by atoms with Gasteiger partial charge in [0, 0.05) is 50.9 Å². The number of carbonyl (C=O) groups excluding carboxylic acids is 1. The number of hydrazone groups is 1. The molecule has 1 aromatic rings. The fourth-order valence-electron chi connectivity index (χ4n) is 2.79. The molecule has 0 atom stereocenters. The summed E-state index contributed by atoms with van der Waals surface area (Å²) < 4.78 is 5.26. The zero-order chi connectivity index (χ0) is 24.0. The minimum absolute atomic E-state index is 0.0360. The van der Waals surface area contributed by atoms with Crippen molar-refractivity contribution in [2.24, 2.45) is 5.10 Å². The molecule has 1 heterocycles. The Morgan fingerprint density at radius 1 is 1.23 bits per heavy atom. The first-order valence-electron chi connectivity index (χ1n) is 9.46. The van der Waals surface area contributed by atoms with Crippen molar-refractivity contribution in [3.63, 3.8) is 0 Å². The molecule has 1 aromatic carbocycles. The molecule has 0 radical (unpaired) electrons. The molecule has 8 nitrogen and oxygen atoms in total. The Bertz CT molecular complexity index is 763. The highest BCUT2D eigenvalue weighted by molar-refractivity contribution is 6.34. The molecule has 172 valence electrons. The summed E-state index contributed by atoms with van der Waals surface area (Å²) in [5.41, 5.74) is 0.964. The van der Waals surface area contributed by atoms with Gasteiger partial charge in [0.15, 0.2) is 0 Å². The van der Waals surface area contributed by atoms with E-state index in [1.807, 2.05) is 19.1 Å². The molecule has 0 bridgehead atoms. The number of amides is 1. The number of carboxylic acids is 1. The number of methoxy groups -OCH3 is 1. The van der Waals surface area contributed by atoms with Gasteiger partial charge in [0.25, 0.3) is 0 Å². The van der Waals surface area contributed by atoms with Gasteiger partial charge >= 0.3 is 5.97 Å². The van der Waals surface area contributed by atoms with E-state index in [2.05, 4.69) is 34.4 Å². The molecule has 0 saturated carbocycles. The maximum absolute atomic E-state index is 12.5. The second-order valence-corrected chi connectivity index (χ2v) is 6.57. The number of hydrogen-bond acceptors (Lipinski definition) is 6. The normalized spacial score (nSPS) is 13.2. The SMILES string of the molecule is C#C.CCN(CC(=O)N1CCN(c2ccc(Cl)c(OC)c2)CC1)/N=C(\C)C(=O)O.CCl. The Balaban J connectivity index is 0.00000212. The number of hydrogen-bond donors (Lipinski definition) is 1. The van der Waals surface area contributed by atoms with Crippen molar-refractivity contribution in [1.82, 2.24) is 9.91 Å². The first-order chi connectivity index (χ1) is 14.8. The van der Waals surface area contributed by atoms with E-state index < -0.39 is 5.97 Å². The summed E-state index contributed by atoms with van der Waals surface area (Å²) in [5.74, 6) is -0.530. The van der Waals surface area contributed by atoms with Crippen LogP contribution in [0.25, 0.3) is 0 Å². The molecule has 0 aliphatic carbocycles. The lowest BCUT2D eigenvalue weighted by Gasteiger charge is -2.36. The lowest BCUT2D eigenvalue weighted by atomic mass is 10.2. The Hall–Kier alpha value is -2.63. The summed E-state index contributed by atoms with van der Waals surface area (Å²) >= 11 is 10.7. The Kier molecular flexibility index (Phi) is 13.9. The first-order valence-corrected chi connectivity index (χ1v) is 10.6. The van der Waals surface area contributed by atoms with Gasteiger partial charge < -0.3 is 19.6 Å². The van der Waals surface area contributed by atoms with E-state index in [0.29, 0.717) is 43.5 Å². The average Bonchev–Trinajstić information content (AvgIpc) is 2.81. The van der Waals surface area contributed by atoms with Crippen LogP contribution in [-0.4, -0.2) is 85.4 Å². The number of aliphatic carboxylic acids is 1. The standard InChI is InChI=1S/C18H25ClN4O4.C2H2.CH3Cl/c1-4-23(20-13(2)18(25)26)12-17(24)22-9-7-21(8-10-22)14-5-6-15(19)16(11-14)27-3;2*1-2/h5-6,11H,4,7-10,12H2,1-3H3,(H,25,26);1-2H;1H3/b20-13+;;. The third-order valence-corrected chi connectivity index (χ3v) is 4.73. The van der Waals surface area contributed by atoms with Crippen LogP contribution in [0.2, 0.25) is 5.02 Å². The summed E-state index contributed by atoms with van der Waals surface area (Å²) in [6, 6.07) is 5.63. The molecule has 10 heteroatoms. The molecule has 1 aliphatic heterocycles. The molecule has 1 saturated heterocycles. The lowest BCUT2D eigenvalue weighted by molar-refractivity contribution is -0.133. The quantitative estimate of drug-likeness (QED) is 0.284. The van der Waals surface area contributed by atoms with Gasteiger partial charge in [-0.15, -0.1) is 24.4 Å². The van der Waals surface area contributed by atoms with Crippen LogP contribution < -0.4 is 9.64 Å². The van der Waals surface area contributed by atoms with Crippen molar-refractivity contribution in [1.29, 1.82) is 0 Å². The number of anilines is 1. The zero-order valence-corrected chi connectivity index (χ0v) is 19.9. The van der Waals surface area contributed by atoms with Gasteiger partial charge in [-0.25, -0.2) is 4.79 Å². The van der Waals surface area contributed by atoms with Crippen LogP contribution in [-0.2, 0) is 9.59 Å². The van der Waals surface area contributed by atoms with Crippen LogP contribution in [0.5, 0.6) is 5.75 Å². The number of ether oxygens (including phenoxy) is 1. The van der Waals surface area contributed by atoms with Gasteiger partial charge in [0.05, 0.1) is 12.1 Å². The largest absolute Gasteiger partial charge is 0.495 e. The predicted molar refractivity (Wildman–Crippen MR) is 126 cm³/mol. The van der Waals surface area contributed by atoms with Crippen LogP contribution in [0.4, 0.5) is 5.69 Å². The zero-order valence-electron chi connectivity index (χ0n) is 18.3. The molecular formula is C21H30Cl2N4O4. The number of alkyl halides is 1. The number of halogens is 2. The number of carboxylic acid groups (broad SMARTS) is 1. The van der Waals surface area contributed by atoms with Crippen molar-refractivity contribution in [2.75, 3.05) is 57.7 Å². The van der Waals surface area contributed by atoms with E-state index in [9.17, 15) is 9.59 Å². The lowest BCUT2D eigenvalue weighted by Crippen LogP contribution is -2.51. The fraction of sp³-hybridized carbons (Fsp3) is 0.476. The predicted octanol–water partition coefficient (Wildman–Crippen LogP) is 2.88. The average molecular weight is 473 g/mol. The molecule has 1 fully saturated rings. The monoisotopic (exact) mass is 472 g/mol. The van der Waals surface area contributed by atoms with Crippen molar-refractivity contribution in [3.8, 4) is 18.6 Å². The molecule has 0 aromatic heterocycles. The molecule has 31 heavy (non-hydrogen) atoms. The topological polar surface area (TPSA) is 85.7 Å².